The van der Waals surface area contributed by atoms with Gasteiger partial charge in [-0.05, 0) is 44.9 Å². The van der Waals surface area contributed by atoms with Gasteiger partial charge in [0, 0.05) is 10.6 Å². The highest BCUT2D eigenvalue weighted by Gasteiger charge is 2.15. The highest BCUT2D eigenvalue weighted by Crippen LogP contribution is 2.35. The van der Waals surface area contributed by atoms with E-state index in [1.807, 2.05) is 20.8 Å². The van der Waals surface area contributed by atoms with E-state index in [0.717, 1.165) is 22.4 Å². The molecule has 0 saturated heterocycles. The second kappa shape index (κ2) is 4.86. The van der Waals surface area contributed by atoms with Crippen molar-refractivity contribution in [3.63, 3.8) is 0 Å². The third-order valence-electron chi connectivity index (χ3n) is 2.54. The van der Waals surface area contributed by atoms with Crippen LogP contribution in [0.25, 0.3) is 0 Å². The van der Waals surface area contributed by atoms with Crippen LogP contribution in [0.1, 0.15) is 36.6 Å². The number of aliphatic hydroxyl groups excluding tert-OH is 1. The summed E-state index contributed by atoms with van der Waals surface area (Å²) >= 11 is 6.07. The van der Waals surface area contributed by atoms with E-state index in [2.05, 4.69) is 0 Å². The minimum absolute atomic E-state index is 0.566. The maximum atomic E-state index is 9.63. The molecule has 84 valence electrons. The summed E-state index contributed by atoms with van der Waals surface area (Å²) < 4.78 is 5.55. The van der Waals surface area contributed by atoms with Gasteiger partial charge in [-0.3, -0.25) is 0 Å². The number of benzene rings is 1. The van der Waals surface area contributed by atoms with Crippen LogP contribution in [0.3, 0.4) is 0 Å². The maximum Gasteiger partial charge on any atom is 0.128 e. The van der Waals surface area contributed by atoms with E-state index in [0.29, 0.717) is 11.6 Å². The number of halogens is 1. The second-order valence-electron chi connectivity index (χ2n) is 3.64. The molecule has 1 unspecified atom stereocenters. The quantitative estimate of drug-likeness (QED) is 0.859. The average molecular weight is 229 g/mol. The van der Waals surface area contributed by atoms with Crippen LogP contribution in [0.4, 0.5) is 0 Å². The van der Waals surface area contributed by atoms with E-state index >= 15 is 0 Å². The van der Waals surface area contributed by atoms with E-state index in [1.165, 1.54) is 0 Å². The molecule has 0 spiro atoms. The molecule has 0 aliphatic rings. The molecule has 1 aromatic rings. The lowest BCUT2D eigenvalue weighted by Gasteiger charge is -2.17. The van der Waals surface area contributed by atoms with Gasteiger partial charge in [0.2, 0.25) is 0 Å². The van der Waals surface area contributed by atoms with Gasteiger partial charge in [-0.2, -0.15) is 0 Å². The molecule has 0 aromatic heterocycles. The van der Waals surface area contributed by atoms with Gasteiger partial charge in [0.05, 0.1) is 12.7 Å². The van der Waals surface area contributed by atoms with Crippen molar-refractivity contribution in [2.75, 3.05) is 6.61 Å². The van der Waals surface area contributed by atoms with Crippen LogP contribution in [0.2, 0.25) is 5.02 Å². The predicted molar refractivity (Wildman–Crippen MR) is 62.7 cm³/mol. The van der Waals surface area contributed by atoms with Crippen molar-refractivity contribution in [1.82, 2.24) is 0 Å². The highest BCUT2D eigenvalue weighted by atomic mass is 35.5. The Balaban J connectivity index is 3.36. The summed E-state index contributed by atoms with van der Waals surface area (Å²) in [6, 6.07) is 1.78. The number of rotatable bonds is 3. The van der Waals surface area contributed by atoms with Crippen LogP contribution in [-0.4, -0.2) is 11.7 Å². The molecule has 1 rings (SSSR count). The standard InChI is InChI=1S/C12H17ClO2/c1-5-15-12-8(3)7(2)11(13)6-10(12)9(4)14/h6,9,14H,5H2,1-4H3. The largest absolute Gasteiger partial charge is 0.493 e. The van der Waals surface area contributed by atoms with Gasteiger partial charge in [-0.15, -0.1) is 0 Å². The third-order valence-corrected chi connectivity index (χ3v) is 2.94. The molecule has 1 N–H and O–H groups in total. The molecule has 0 fully saturated rings. The van der Waals surface area contributed by atoms with Gasteiger partial charge in [0.15, 0.2) is 0 Å². The van der Waals surface area contributed by atoms with Crippen molar-refractivity contribution in [1.29, 1.82) is 0 Å². The Morgan fingerprint density at radius 2 is 2.00 bits per heavy atom. The van der Waals surface area contributed by atoms with Crippen molar-refractivity contribution < 1.29 is 9.84 Å². The fourth-order valence-corrected chi connectivity index (χ4v) is 1.78. The zero-order valence-corrected chi connectivity index (χ0v) is 10.4. The number of ether oxygens (including phenoxy) is 1. The molecule has 0 bridgehead atoms. The van der Waals surface area contributed by atoms with Crippen molar-refractivity contribution >= 4 is 11.6 Å². The Hall–Kier alpha value is -0.730. The monoisotopic (exact) mass is 228 g/mol. The van der Waals surface area contributed by atoms with Crippen molar-refractivity contribution in [3.05, 3.63) is 27.8 Å². The Morgan fingerprint density at radius 1 is 1.40 bits per heavy atom. The summed E-state index contributed by atoms with van der Waals surface area (Å²) in [5.74, 6) is 0.759. The fourth-order valence-electron chi connectivity index (χ4n) is 1.52. The van der Waals surface area contributed by atoms with E-state index in [9.17, 15) is 5.11 Å². The number of aliphatic hydroxyl groups is 1. The highest BCUT2D eigenvalue weighted by molar-refractivity contribution is 6.31. The lowest BCUT2D eigenvalue weighted by molar-refractivity contribution is 0.192. The molecule has 0 amide bonds. The lowest BCUT2D eigenvalue weighted by Crippen LogP contribution is -2.03. The first-order valence-electron chi connectivity index (χ1n) is 5.09. The second-order valence-corrected chi connectivity index (χ2v) is 4.04. The van der Waals surface area contributed by atoms with Gasteiger partial charge in [-0.25, -0.2) is 0 Å². The van der Waals surface area contributed by atoms with Crippen molar-refractivity contribution in [2.24, 2.45) is 0 Å². The Morgan fingerprint density at radius 3 is 2.47 bits per heavy atom. The molecule has 1 atom stereocenters. The number of hydrogen-bond donors (Lipinski definition) is 1. The first-order valence-corrected chi connectivity index (χ1v) is 5.47. The van der Waals surface area contributed by atoms with Crippen LogP contribution in [0.15, 0.2) is 6.07 Å². The van der Waals surface area contributed by atoms with E-state index in [4.69, 9.17) is 16.3 Å². The zero-order valence-electron chi connectivity index (χ0n) is 9.60. The maximum absolute atomic E-state index is 9.63. The first kappa shape index (κ1) is 12.3. The third kappa shape index (κ3) is 2.44. The van der Waals surface area contributed by atoms with Gasteiger partial charge >= 0.3 is 0 Å². The van der Waals surface area contributed by atoms with Crippen LogP contribution < -0.4 is 4.74 Å². The molecule has 0 radical (unpaired) electrons. The molecular formula is C12H17ClO2. The summed E-state index contributed by atoms with van der Waals surface area (Å²) in [5, 5.41) is 10.3. The van der Waals surface area contributed by atoms with E-state index < -0.39 is 6.10 Å². The minimum atomic E-state index is -0.566. The molecule has 0 saturated carbocycles. The predicted octanol–water partition coefficient (Wildman–Crippen LogP) is 3.41. The lowest BCUT2D eigenvalue weighted by atomic mass is 10.0. The molecule has 0 aliphatic heterocycles. The minimum Gasteiger partial charge on any atom is -0.493 e. The first-order chi connectivity index (χ1) is 6.99. The van der Waals surface area contributed by atoms with E-state index in [1.54, 1.807) is 13.0 Å². The van der Waals surface area contributed by atoms with Crippen molar-refractivity contribution in [2.45, 2.75) is 33.8 Å². The molecule has 0 heterocycles. The van der Waals surface area contributed by atoms with Crippen LogP contribution in [0, 0.1) is 13.8 Å². The molecule has 2 nitrogen and oxygen atoms in total. The summed E-state index contributed by atoms with van der Waals surface area (Å²) in [5.41, 5.74) is 2.76. The summed E-state index contributed by atoms with van der Waals surface area (Å²) in [6.07, 6.45) is -0.566. The van der Waals surface area contributed by atoms with Gasteiger partial charge in [0.25, 0.3) is 0 Å². The topological polar surface area (TPSA) is 29.5 Å². The van der Waals surface area contributed by atoms with Gasteiger partial charge in [0.1, 0.15) is 5.75 Å². The summed E-state index contributed by atoms with van der Waals surface area (Å²) in [6.45, 7) is 8.13. The molecule has 3 heteroatoms. The Kier molecular flexibility index (Phi) is 4.00. The molecular weight excluding hydrogens is 212 g/mol. The molecule has 1 aromatic carbocycles. The summed E-state index contributed by atoms with van der Waals surface area (Å²) in [7, 11) is 0. The van der Waals surface area contributed by atoms with Crippen LogP contribution in [0.5, 0.6) is 5.75 Å². The Labute approximate surface area is 95.8 Å². The van der Waals surface area contributed by atoms with Crippen LogP contribution in [-0.2, 0) is 0 Å². The van der Waals surface area contributed by atoms with Crippen LogP contribution >= 0.6 is 11.6 Å². The zero-order chi connectivity index (χ0) is 11.6. The number of hydrogen-bond acceptors (Lipinski definition) is 2. The van der Waals surface area contributed by atoms with E-state index in [-0.39, 0.29) is 0 Å². The van der Waals surface area contributed by atoms with Crippen molar-refractivity contribution in [3.8, 4) is 5.75 Å². The Bertz CT molecular complexity index is 359. The van der Waals surface area contributed by atoms with Gasteiger partial charge < -0.3 is 9.84 Å². The normalized spacial score (nSPS) is 12.7. The molecule has 0 aliphatic carbocycles. The molecule has 15 heavy (non-hydrogen) atoms. The van der Waals surface area contributed by atoms with Gasteiger partial charge in [-0.1, -0.05) is 11.6 Å². The summed E-state index contributed by atoms with van der Waals surface area (Å²) in [4.78, 5) is 0. The SMILES string of the molecule is CCOc1c(C(C)O)cc(Cl)c(C)c1C. The average Bonchev–Trinajstić information content (AvgIpc) is 2.18. The fraction of sp³-hybridized carbons (Fsp3) is 0.500. The smallest absolute Gasteiger partial charge is 0.128 e.